The van der Waals surface area contributed by atoms with E-state index in [1.165, 1.54) is 10.9 Å². The number of carbonyl (C=O) groups is 1. The van der Waals surface area contributed by atoms with Crippen LogP contribution >= 0.6 is 0 Å². The SMILES string of the molecule is COC(=O)CCCC1(c2ccccc2)C2c3cc4c5c6c(cc7cc8c9c%10c%11c%12c%13c%14c%15c(c%16c3c5c(c%16%13)c3c6c7c9c%123)C21CC%15=CC(C=C%10C8)C%14%11)C4. The second kappa shape index (κ2) is 6.75. The molecule has 0 N–H and O–H groups in total. The smallest absolute Gasteiger partial charge is 0.305 e. The van der Waals surface area contributed by atoms with Crippen LogP contribution in [-0.4, -0.2) is 13.1 Å². The zero-order valence-corrected chi connectivity index (χ0v) is 29.1. The second-order valence-corrected chi connectivity index (χ2v) is 18.6. The Morgan fingerprint density at radius 1 is 0.698 bits per heavy atom. The van der Waals surface area contributed by atoms with Gasteiger partial charge in [0.1, 0.15) is 0 Å². The van der Waals surface area contributed by atoms with Crippen molar-refractivity contribution in [3.05, 3.63) is 116 Å². The molecule has 2 nitrogen and oxygen atoms in total. The number of rotatable bonds is 5. The molecule has 0 aromatic heterocycles. The largest absolute Gasteiger partial charge is 0.469 e. The molecule has 53 heavy (non-hydrogen) atoms. The van der Waals surface area contributed by atoms with E-state index >= 15 is 0 Å². The van der Waals surface area contributed by atoms with Gasteiger partial charge >= 0.3 is 5.97 Å². The van der Waals surface area contributed by atoms with Crippen LogP contribution in [0.1, 0.15) is 93.2 Å². The molecule has 2 heteroatoms. The molecule has 0 aliphatic heterocycles. The summed E-state index contributed by atoms with van der Waals surface area (Å²) in [5, 5.41) is 25.7. The van der Waals surface area contributed by atoms with Gasteiger partial charge in [0.05, 0.1) is 7.11 Å². The van der Waals surface area contributed by atoms with E-state index in [-0.39, 0.29) is 16.8 Å². The maximum atomic E-state index is 12.7. The molecule has 5 atom stereocenters. The Balaban J connectivity index is 1.14. The van der Waals surface area contributed by atoms with E-state index in [9.17, 15) is 4.79 Å². The molecule has 1 fully saturated rings. The number of hydrogen-bond donors (Lipinski definition) is 0. The highest BCUT2D eigenvalue weighted by Crippen LogP contribution is 2.87. The average Bonchev–Trinajstić information content (AvgIpc) is 3.86. The minimum absolute atomic E-state index is 0.00677. The molecule has 0 bridgehead atoms. The topological polar surface area (TPSA) is 26.3 Å². The fourth-order valence-corrected chi connectivity index (χ4v) is 16.6. The molecular formula is C51H28O2. The first-order valence-electron chi connectivity index (χ1n) is 20.1. The van der Waals surface area contributed by atoms with Crippen LogP contribution in [0.3, 0.4) is 0 Å². The molecule has 0 heterocycles. The van der Waals surface area contributed by atoms with E-state index in [1.807, 2.05) is 0 Å². The molecule has 1 saturated carbocycles. The summed E-state index contributed by atoms with van der Waals surface area (Å²) in [5.74, 6) is 1.15. The highest BCUT2D eigenvalue weighted by molar-refractivity contribution is 6.59. The third-order valence-corrected chi connectivity index (χ3v) is 17.4. The standard InChI is InChI=1S/C51H28O2/c1-53-27(52)8-5-9-50(25-6-3-2-4-7-25)49-26-16-23-14-20-12-21-11-18-10-19-13-22-15-24-17-51(49,50)48-34(24)39-33(22)38-29(19)28(18)36-32(21)37-30(20)31(23)40-35(26)47(48)46-44(39)42(38)41(36)43(37)45(40)46/h2-4,6-7,11-13,15-16,22,33,49H,5,8-10,14,17H2,1H3. The summed E-state index contributed by atoms with van der Waals surface area (Å²) in [4.78, 5) is 12.7. The van der Waals surface area contributed by atoms with Crippen molar-refractivity contribution < 1.29 is 9.53 Å². The maximum absolute atomic E-state index is 12.7. The van der Waals surface area contributed by atoms with Crippen molar-refractivity contribution in [2.45, 2.75) is 61.2 Å². The lowest BCUT2D eigenvalue weighted by molar-refractivity contribution is -0.140. The van der Waals surface area contributed by atoms with Crippen molar-refractivity contribution in [3.63, 3.8) is 0 Å². The Labute approximate surface area is 302 Å². The monoisotopic (exact) mass is 672 g/mol. The number of allylic oxidation sites excluding steroid dienone is 4. The minimum atomic E-state index is -0.0854. The number of hydrogen-bond acceptors (Lipinski definition) is 2. The van der Waals surface area contributed by atoms with E-state index in [0.717, 1.165) is 32.1 Å². The molecule has 18 rings (SSSR count). The zero-order valence-electron chi connectivity index (χ0n) is 29.1. The number of methoxy groups -OCH3 is 1. The van der Waals surface area contributed by atoms with Crippen molar-refractivity contribution in [3.8, 4) is 0 Å². The Bertz CT molecular complexity index is 3690. The fourth-order valence-electron chi connectivity index (χ4n) is 16.6. The lowest BCUT2D eigenvalue weighted by Crippen LogP contribution is -2.21. The van der Waals surface area contributed by atoms with Gasteiger partial charge in [-0.2, -0.15) is 0 Å². The van der Waals surface area contributed by atoms with Gasteiger partial charge in [0, 0.05) is 35.0 Å². The van der Waals surface area contributed by atoms with E-state index in [2.05, 4.69) is 60.7 Å². The van der Waals surface area contributed by atoms with E-state index in [0.29, 0.717) is 24.2 Å². The number of benzene rings is 8. The Morgan fingerprint density at radius 2 is 1.38 bits per heavy atom. The fraction of sp³-hybridized carbons (Fsp3) is 0.235. The quantitative estimate of drug-likeness (QED) is 0.134. The van der Waals surface area contributed by atoms with Gasteiger partial charge in [0.25, 0.3) is 0 Å². The van der Waals surface area contributed by atoms with Gasteiger partial charge in [-0.3, -0.25) is 4.79 Å². The molecule has 8 aliphatic rings. The molecule has 1 spiro atoms. The molecule has 0 amide bonds. The first-order valence-corrected chi connectivity index (χ1v) is 20.1. The number of esters is 1. The summed E-state index contributed by atoms with van der Waals surface area (Å²) in [6.45, 7) is 0. The zero-order chi connectivity index (χ0) is 33.5. The molecule has 0 radical (unpaired) electrons. The van der Waals surface area contributed by atoms with E-state index in [1.54, 1.807) is 149 Å². The van der Waals surface area contributed by atoms with Crippen molar-refractivity contribution >= 4 is 103 Å². The summed E-state index contributed by atoms with van der Waals surface area (Å²) >= 11 is 0. The lowest BCUT2D eigenvalue weighted by Gasteiger charge is -2.33. The molecule has 0 saturated heterocycles. The Morgan fingerprint density at radius 3 is 2.21 bits per heavy atom. The van der Waals surface area contributed by atoms with Gasteiger partial charge in [-0.25, -0.2) is 0 Å². The van der Waals surface area contributed by atoms with Crippen LogP contribution < -0.4 is 0 Å². The molecule has 244 valence electrons. The van der Waals surface area contributed by atoms with Gasteiger partial charge < -0.3 is 4.74 Å². The van der Waals surface area contributed by atoms with Gasteiger partial charge in [-0.05, 0) is 185 Å². The first kappa shape index (κ1) is 24.7. The van der Waals surface area contributed by atoms with Crippen molar-refractivity contribution in [2.24, 2.45) is 5.92 Å². The lowest BCUT2D eigenvalue weighted by atomic mass is 9.70. The van der Waals surface area contributed by atoms with Gasteiger partial charge in [0.15, 0.2) is 0 Å². The third-order valence-electron chi connectivity index (χ3n) is 17.4. The Kier molecular flexibility index (Phi) is 3.15. The van der Waals surface area contributed by atoms with Crippen molar-refractivity contribution in [2.75, 3.05) is 7.11 Å². The summed E-state index contributed by atoms with van der Waals surface area (Å²) in [7, 11) is 1.54. The molecule has 10 aromatic rings. The molecule has 10 aromatic carbocycles. The van der Waals surface area contributed by atoms with Crippen LogP contribution in [0, 0.1) is 5.92 Å². The number of fused-ring (bicyclic) bond motifs is 1. The number of ether oxygens (including phenoxy) is 1. The molecule has 5 unspecified atom stereocenters. The number of carbonyl (C=O) groups excluding carboxylic acids is 1. The van der Waals surface area contributed by atoms with Gasteiger partial charge in [-0.1, -0.05) is 60.7 Å². The summed E-state index contributed by atoms with van der Waals surface area (Å²) in [5.41, 5.74) is 19.4. The van der Waals surface area contributed by atoms with Crippen LogP contribution in [0.15, 0.2) is 60.7 Å². The minimum Gasteiger partial charge on any atom is -0.469 e. The molecular weight excluding hydrogens is 645 g/mol. The van der Waals surface area contributed by atoms with Crippen LogP contribution in [0.4, 0.5) is 0 Å². The van der Waals surface area contributed by atoms with E-state index in [4.69, 9.17) is 4.74 Å². The van der Waals surface area contributed by atoms with Crippen LogP contribution in [0.5, 0.6) is 0 Å². The van der Waals surface area contributed by atoms with Gasteiger partial charge in [0.2, 0.25) is 0 Å². The highest BCUT2D eigenvalue weighted by Gasteiger charge is 2.81. The van der Waals surface area contributed by atoms with E-state index < -0.39 is 0 Å². The second-order valence-electron chi connectivity index (χ2n) is 18.6. The first-order chi connectivity index (χ1) is 26.2. The van der Waals surface area contributed by atoms with Crippen molar-refractivity contribution in [1.82, 2.24) is 0 Å². The molecule has 8 aliphatic carbocycles. The van der Waals surface area contributed by atoms with Crippen LogP contribution in [-0.2, 0) is 33.2 Å². The van der Waals surface area contributed by atoms with Crippen LogP contribution in [0.25, 0.3) is 97.3 Å². The van der Waals surface area contributed by atoms with Crippen molar-refractivity contribution in [1.29, 1.82) is 0 Å². The van der Waals surface area contributed by atoms with Crippen LogP contribution in [0.2, 0.25) is 0 Å². The maximum Gasteiger partial charge on any atom is 0.305 e. The van der Waals surface area contributed by atoms with Gasteiger partial charge in [-0.15, -0.1) is 0 Å². The Hall–Kier alpha value is -5.47. The normalized spacial score (nSPS) is 28.0. The summed E-state index contributed by atoms with van der Waals surface area (Å²) in [6, 6.07) is 19.6. The average molecular weight is 673 g/mol. The summed E-state index contributed by atoms with van der Waals surface area (Å²) < 4.78 is 5.23. The highest BCUT2D eigenvalue weighted by atomic mass is 16.5. The third kappa shape index (κ3) is 1.91. The predicted molar refractivity (Wildman–Crippen MR) is 213 cm³/mol. The summed E-state index contributed by atoms with van der Waals surface area (Å²) in [6.07, 6.45) is 11.1. The predicted octanol–water partition coefficient (Wildman–Crippen LogP) is 11.5.